The molecule has 0 bridgehead atoms. The molecule has 0 aliphatic carbocycles. The number of hydrogen-bond acceptors (Lipinski definition) is 3. The van der Waals surface area contributed by atoms with E-state index in [0.717, 1.165) is 25.9 Å². The highest BCUT2D eigenvalue weighted by molar-refractivity contribution is 5.69. The Morgan fingerprint density at radius 1 is 1.26 bits per heavy atom. The minimum absolute atomic E-state index is 0.0954. The van der Waals surface area contributed by atoms with Crippen molar-refractivity contribution < 1.29 is 9.53 Å². The number of rotatable bonds is 9. The number of hydrogen-bond donors (Lipinski definition) is 1. The molecule has 1 aromatic rings. The predicted molar refractivity (Wildman–Crippen MR) is 78.2 cm³/mol. The van der Waals surface area contributed by atoms with Crippen LogP contribution >= 0.6 is 0 Å². The highest BCUT2D eigenvalue weighted by Gasteiger charge is 2.04. The Balaban J connectivity index is 2.03. The van der Waals surface area contributed by atoms with E-state index in [0.29, 0.717) is 18.9 Å². The molecule has 1 atom stereocenters. The Labute approximate surface area is 116 Å². The fourth-order valence-corrected chi connectivity index (χ4v) is 1.98. The maximum Gasteiger partial charge on any atom is 0.305 e. The van der Waals surface area contributed by atoms with Gasteiger partial charge in [0.25, 0.3) is 0 Å². The molecule has 0 saturated heterocycles. The molecule has 0 spiro atoms. The van der Waals surface area contributed by atoms with Gasteiger partial charge in [0.2, 0.25) is 0 Å². The minimum atomic E-state index is -0.0954. The smallest absolute Gasteiger partial charge is 0.305 e. The maximum atomic E-state index is 11.1. The first-order valence-electron chi connectivity index (χ1n) is 7.15. The highest BCUT2D eigenvalue weighted by atomic mass is 16.5. The molecule has 106 valence electrons. The molecule has 3 heteroatoms. The zero-order chi connectivity index (χ0) is 13.9. The highest BCUT2D eigenvalue weighted by Crippen LogP contribution is 2.17. The maximum absolute atomic E-state index is 11.1. The number of nitrogens with one attached hydrogen (secondary N) is 1. The van der Waals surface area contributed by atoms with Crippen molar-refractivity contribution in [2.75, 3.05) is 19.7 Å². The van der Waals surface area contributed by atoms with Gasteiger partial charge in [0.15, 0.2) is 0 Å². The van der Waals surface area contributed by atoms with Crippen molar-refractivity contribution in [3.05, 3.63) is 35.9 Å². The molecule has 0 aliphatic heterocycles. The van der Waals surface area contributed by atoms with Gasteiger partial charge in [-0.05, 0) is 44.3 Å². The Bertz CT molecular complexity index is 351. The molecule has 0 aliphatic rings. The van der Waals surface area contributed by atoms with E-state index in [9.17, 15) is 4.79 Å². The Morgan fingerprint density at radius 3 is 2.68 bits per heavy atom. The summed E-state index contributed by atoms with van der Waals surface area (Å²) in [5, 5.41) is 3.38. The van der Waals surface area contributed by atoms with Crippen LogP contribution in [0.25, 0.3) is 0 Å². The van der Waals surface area contributed by atoms with E-state index >= 15 is 0 Å². The topological polar surface area (TPSA) is 38.3 Å². The summed E-state index contributed by atoms with van der Waals surface area (Å²) in [5.41, 5.74) is 1.39. The van der Waals surface area contributed by atoms with Gasteiger partial charge in [-0.15, -0.1) is 0 Å². The minimum Gasteiger partial charge on any atom is -0.466 e. The average Bonchev–Trinajstić information content (AvgIpc) is 2.43. The van der Waals surface area contributed by atoms with Crippen LogP contribution in [0.15, 0.2) is 30.3 Å². The molecule has 3 nitrogen and oxygen atoms in total. The first-order valence-corrected chi connectivity index (χ1v) is 7.15. The monoisotopic (exact) mass is 263 g/mol. The zero-order valence-corrected chi connectivity index (χ0v) is 12.0. The normalized spacial score (nSPS) is 12.1. The molecular formula is C16H25NO2. The zero-order valence-electron chi connectivity index (χ0n) is 12.0. The number of carbonyl (C=O) groups is 1. The van der Waals surface area contributed by atoms with Gasteiger partial charge in [0, 0.05) is 6.42 Å². The summed E-state index contributed by atoms with van der Waals surface area (Å²) in [6.45, 7) is 6.41. The van der Waals surface area contributed by atoms with E-state index in [-0.39, 0.29) is 5.97 Å². The molecule has 0 aromatic heterocycles. The van der Waals surface area contributed by atoms with Gasteiger partial charge in [-0.3, -0.25) is 4.79 Å². The van der Waals surface area contributed by atoms with Crippen molar-refractivity contribution in [1.29, 1.82) is 0 Å². The Kier molecular flexibility index (Phi) is 7.91. The third-order valence-electron chi connectivity index (χ3n) is 3.16. The summed E-state index contributed by atoms with van der Waals surface area (Å²) in [7, 11) is 0. The summed E-state index contributed by atoms with van der Waals surface area (Å²) in [4.78, 5) is 11.1. The van der Waals surface area contributed by atoms with Crippen LogP contribution in [-0.4, -0.2) is 25.7 Å². The van der Waals surface area contributed by atoms with Crippen LogP contribution < -0.4 is 5.32 Å². The van der Waals surface area contributed by atoms with Gasteiger partial charge in [0.05, 0.1) is 6.61 Å². The fraction of sp³-hybridized carbons (Fsp3) is 0.562. The predicted octanol–water partition coefficient (Wildman–Crippen LogP) is 3.11. The molecule has 1 rings (SSSR count). The first-order chi connectivity index (χ1) is 9.24. The van der Waals surface area contributed by atoms with E-state index < -0.39 is 0 Å². The molecule has 0 radical (unpaired) electrons. The van der Waals surface area contributed by atoms with Gasteiger partial charge < -0.3 is 10.1 Å². The lowest BCUT2D eigenvalue weighted by molar-refractivity contribution is -0.143. The summed E-state index contributed by atoms with van der Waals surface area (Å²) in [6.07, 6.45) is 2.47. The van der Waals surface area contributed by atoms with Crippen LogP contribution in [0.1, 0.15) is 44.6 Å². The van der Waals surface area contributed by atoms with E-state index in [1.54, 1.807) is 0 Å². The van der Waals surface area contributed by atoms with Crippen molar-refractivity contribution in [3.8, 4) is 0 Å². The molecular weight excluding hydrogens is 238 g/mol. The van der Waals surface area contributed by atoms with E-state index in [2.05, 4.69) is 36.5 Å². The Morgan fingerprint density at radius 2 is 2.00 bits per heavy atom. The van der Waals surface area contributed by atoms with Gasteiger partial charge in [-0.25, -0.2) is 0 Å². The summed E-state index contributed by atoms with van der Waals surface area (Å²) < 4.78 is 4.88. The molecule has 0 heterocycles. The van der Waals surface area contributed by atoms with Crippen molar-refractivity contribution in [2.24, 2.45) is 0 Å². The van der Waals surface area contributed by atoms with Gasteiger partial charge >= 0.3 is 5.97 Å². The van der Waals surface area contributed by atoms with E-state index in [1.165, 1.54) is 5.56 Å². The lowest BCUT2D eigenvalue weighted by Gasteiger charge is -2.12. The van der Waals surface area contributed by atoms with Crippen LogP contribution in [0, 0.1) is 0 Å². The quantitative estimate of drug-likeness (QED) is 0.549. The Hall–Kier alpha value is -1.35. The fourth-order valence-electron chi connectivity index (χ4n) is 1.98. The second-order valence-electron chi connectivity index (χ2n) is 4.76. The molecule has 0 saturated carbocycles. The average molecular weight is 263 g/mol. The summed E-state index contributed by atoms with van der Waals surface area (Å²) in [5.74, 6) is 0.473. The van der Waals surface area contributed by atoms with Crippen molar-refractivity contribution in [3.63, 3.8) is 0 Å². The van der Waals surface area contributed by atoms with Crippen molar-refractivity contribution in [2.45, 2.75) is 39.0 Å². The van der Waals surface area contributed by atoms with E-state index in [1.807, 2.05) is 13.0 Å². The van der Waals surface area contributed by atoms with Crippen LogP contribution in [-0.2, 0) is 9.53 Å². The largest absolute Gasteiger partial charge is 0.466 e. The van der Waals surface area contributed by atoms with Gasteiger partial charge in [-0.2, -0.15) is 0 Å². The van der Waals surface area contributed by atoms with Gasteiger partial charge in [-0.1, -0.05) is 37.3 Å². The number of carbonyl (C=O) groups excluding carboxylic acids is 1. The van der Waals surface area contributed by atoms with Crippen LogP contribution in [0.5, 0.6) is 0 Å². The second-order valence-corrected chi connectivity index (χ2v) is 4.76. The van der Waals surface area contributed by atoms with Crippen LogP contribution in [0.4, 0.5) is 0 Å². The standard InChI is InChI=1S/C16H25NO2/c1-3-19-16(18)10-7-12-17-13-11-14(2)15-8-5-4-6-9-15/h4-6,8-9,14,17H,3,7,10-13H2,1-2H3. The molecule has 0 fully saturated rings. The SMILES string of the molecule is CCOC(=O)CCCNCCC(C)c1ccccc1. The number of benzene rings is 1. The number of ether oxygens (including phenoxy) is 1. The summed E-state index contributed by atoms with van der Waals surface area (Å²) in [6, 6.07) is 10.6. The molecule has 0 amide bonds. The van der Waals surface area contributed by atoms with E-state index in [4.69, 9.17) is 4.74 Å². The molecule has 1 aromatic carbocycles. The van der Waals surface area contributed by atoms with Crippen LogP contribution in [0.3, 0.4) is 0 Å². The number of esters is 1. The lowest BCUT2D eigenvalue weighted by Crippen LogP contribution is -2.19. The third-order valence-corrected chi connectivity index (χ3v) is 3.16. The van der Waals surface area contributed by atoms with Crippen LogP contribution in [0.2, 0.25) is 0 Å². The van der Waals surface area contributed by atoms with Crippen molar-refractivity contribution >= 4 is 5.97 Å². The third kappa shape index (κ3) is 6.97. The molecule has 1 unspecified atom stereocenters. The lowest BCUT2D eigenvalue weighted by atomic mass is 9.98. The van der Waals surface area contributed by atoms with Gasteiger partial charge in [0.1, 0.15) is 0 Å². The molecule has 1 N–H and O–H groups in total. The summed E-state index contributed by atoms with van der Waals surface area (Å²) >= 11 is 0. The second kappa shape index (κ2) is 9.56. The molecule has 19 heavy (non-hydrogen) atoms. The first kappa shape index (κ1) is 15.7. The van der Waals surface area contributed by atoms with Crippen molar-refractivity contribution in [1.82, 2.24) is 5.32 Å².